The van der Waals surface area contributed by atoms with Gasteiger partial charge in [-0.2, -0.15) is 0 Å². The van der Waals surface area contributed by atoms with Crippen LogP contribution in [0.25, 0.3) is 0 Å². The van der Waals surface area contributed by atoms with Gasteiger partial charge in [0.25, 0.3) is 0 Å². The second-order valence-electron chi connectivity index (χ2n) is 5.98. The van der Waals surface area contributed by atoms with Crippen molar-refractivity contribution in [2.45, 2.75) is 51.7 Å². The Kier molecular flexibility index (Phi) is 4.97. The Morgan fingerprint density at radius 3 is 2.55 bits per heavy atom. The lowest BCUT2D eigenvalue weighted by molar-refractivity contribution is -0.134. The van der Waals surface area contributed by atoms with Crippen LogP contribution in [0.4, 0.5) is 4.79 Å². The van der Waals surface area contributed by atoms with Crippen LogP contribution in [-0.4, -0.2) is 42.1 Å². The molecule has 1 saturated heterocycles. The van der Waals surface area contributed by atoms with Crippen molar-refractivity contribution in [3.05, 3.63) is 0 Å². The minimum atomic E-state index is -1.10. The molecule has 0 aromatic heterocycles. The fraction of sp³-hybridized carbons (Fsp3) is 0.769. The van der Waals surface area contributed by atoms with Gasteiger partial charge in [0.2, 0.25) is 11.8 Å². The number of hydrogen-bond acceptors (Lipinski definition) is 4. The van der Waals surface area contributed by atoms with Crippen LogP contribution in [0.5, 0.6) is 0 Å². The van der Waals surface area contributed by atoms with E-state index in [1.807, 2.05) is 0 Å². The van der Waals surface area contributed by atoms with Crippen LogP contribution in [-0.2, 0) is 14.3 Å². The summed E-state index contributed by atoms with van der Waals surface area (Å²) in [7, 11) is 0. The van der Waals surface area contributed by atoms with E-state index in [2.05, 4.69) is 16.0 Å². The SMILES string of the molecule is CC(=O)N[C@]1(CNC(=O)OC(C)(C)C)CCCNC1=O. The maximum atomic E-state index is 12.0. The highest BCUT2D eigenvalue weighted by Crippen LogP contribution is 2.17. The summed E-state index contributed by atoms with van der Waals surface area (Å²) in [5.74, 6) is -0.594. The molecule has 1 fully saturated rings. The minimum Gasteiger partial charge on any atom is -0.444 e. The van der Waals surface area contributed by atoms with Crippen molar-refractivity contribution in [2.75, 3.05) is 13.1 Å². The second-order valence-corrected chi connectivity index (χ2v) is 5.98. The van der Waals surface area contributed by atoms with Crippen molar-refractivity contribution in [1.82, 2.24) is 16.0 Å². The van der Waals surface area contributed by atoms with Gasteiger partial charge in [-0.05, 0) is 33.6 Å². The number of alkyl carbamates (subject to hydrolysis) is 1. The second kappa shape index (κ2) is 6.11. The monoisotopic (exact) mass is 285 g/mol. The first-order chi connectivity index (χ1) is 9.15. The normalized spacial score (nSPS) is 22.7. The van der Waals surface area contributed by atoms with Crippen molar-refractivity contribution in [3.8, 4) is 0 Å². The standard InChI is InChI=1S/C13H23N3O4/c1-9(17)16-13(6-5-7-14-10(13)18)8-15-11(19)20-12(2,3)4/h5-8H2,1-4H3,(H,14,18)(H,15,19)(H,16,17)/t13-/m0/s1. The largest absolute Gasteiger partial charge is 0.444 e. The summed E-state index contributed by atoms with van der Waals surface area (Å²) in [6.07, 6.45) is 0.608. The van der Waals surface area contributed by atoms with E-state index in [-0.39, 0.29) is 18.4 Å². The molecule has 0 aromatic carbocycles. The van der Waals surface area contributed by atoms with Crippen LogP contribution in [0.1, 0.15) is 40.5 Å². The molecule has 1 aliphatic rings. The van der Waals surface area contributed by atoms with E-state index in [0.29, 0.717) is 13.0 Å². The Balaban J connectivity index is 2.68. The van der Waals surface area contributed by atoms with Crippen LogP contribution < -0.4 is 16.0 Å². The molecule has 20 heavy (non-hydrogen) atoms. The van der Waals surface area contributed by atoms with Gasteiger partial charge in [0.05, 0.1) is 6.54 Å². The zero-order chi connectivity index (χ0) is 15.4. The third-order valence-electron chi connectivity index (χ3n) is 2.85. The minimum absolute atomic E-state index is 0.00727. The maximum absolute atomic E-state index is 12.0. The van der Waals surface area contributed by atoms with E-state index in [1.165, 1.54) is 6.92 Å². The molecule has 0 spiro atoms. The lowest BCUT2D eigenvalue weighted by atomic mass is 9.89. The Morgan fingerprint density at radius 1 is 1.40 bits per heavy atom. The molecule has 7 nitrogen and oxygen atoms in total. The van der Waals surface area contributed by atoms with Crippen molar-refractivity contribution >= 4 is 17.9 Å². The Morgan fingerprint density at radius 2 is 2.05 bits per heavy atom. The predicted molar refractivity (Wildman–Crippen MR) is 73.0 cm³/mol. The van der Waals surface area contributed by atoms with E-state index in [4.69, 9.17) is 4.74 Å². The fourth-order valence-electron chi connectivity index (χ4n) is 2.08. The first-order valence-corrected chi connectivity index (χ1v) is 6.68. The fourth-order valence-corrected chi connectivity index (χ4v) is 2.08. The smallest absolute Gasteiger partial charge is 0.407 e. The third-order valence-corrected chi connectivity index (χ3v) is 2.85. The summed E-state index contributed by atoms with van der Waals surface area (Å²) in [6.45, 7) is 7.19. The van der Waals surface area contributed by atoms with Crippen molar-refractivity contribution < 1.29 is 19.1 Å². The summed E-state index contributed by atoms with van der Waals surface area (Å²) < 4.78 is 5.12. The molecule has 0 unspecified atom stereocenters. The lowest BCUT2D eigenvalue weighted by Crippen LogP contribution is -2.66. The van der Waals surface area contributed by atoms with Crippen LogP contribution in [0.15, 0.2) is 0 Å². The van der Waals surface area contributed by atoms with Crippen molar-refractivity contribution in [2.24, 2.45) is 0 Å². The van der Waals surface area contributed by atoms with Crippen LogP contribution in [0, 0.1) is 0 Å². The highest BCUT2D eigenvalue weighted by Gasteiger charge is 2.41. The summed E-state index contributed by atoms with van der Waals surface area (Å²) in [6, 6.07) is 0. The summed E-state index contributed by atoms with van der Waals surface area (Å²) in [5, 5.41) is 7.90. The molecule has 0 bridgehead atoms. The number of carbonyl (C=O) groups excluding carboxylic acids is 3. The number of carbonyl (C=O) groups is 3. The lowest BCUT2D eigenvalue weighted by Gasteiger charge is -2.36. The third kappa shape index (κ3) is 4.71. The molecule has 7 heteroatoms. The van der Waals surface area contributed by atoms with Gasteiger partial charge < -0.3 is 20.7 Å². The highest BCUT2D eigenvalue weighted by molar-refractivity contribution is 5.92. The number of piperidine rings is 1. The summed E-state index contributed by atoms with van der Waals surface area (Å²) in [4.78, 5) is 35.0. The Hall–Kier alpha value is -1.79. The first kappa shape index (κ1) is 16.3. The zero-order valence-electron chi connectivity index (χ0n) is 12.5. The van der Waals surface area contributed by atoms with Gasteiger partial charge >= 0.3 is 6.09 Å². The molecule has 0 aliphatic carbocycles. The number of nitrogens with one attached hydrogen (secondary N) is 3. The molecular weight excluding hydrogens is 262 g/mol. The predicted octanol–water partition coefficient (Wildman–Crippen LogP) is 0.296. The molecule has 0 radical (unpaired) electrons. The average Bonchev–Trinajstić information content (AvgIpc) is 2.27. The van der Waals surface area contributed by atoms with Gasteiger partial charge in [-0.1, -0.05) is 0 Å². The first-order valence-electron chi connectivity index (χ1n) is 6.68. The Bertz CT molecular complexity index is 403. The molecular formula is C13H23N3O4. The number of rotatable bonds is 3. The van der Waals surface area contributed by atoms with Crippen molar-refractivity contribution in [1.29, 1.82) is 0 Å². The molecule has 1 rings (SSSR count). The van der Waals surface area contributed by atoms with Gasteiger partial charge in [0.1, 0.15) is 11.1 Å². The molecule has 114 valence electrons. The highest BCUT2D eigenvalue weighted by atomic mass is 16.6. The average molecular weight is 285 g/mol. The van der Waals surface area contributed by atoms with Gasteiger partial charge in [-0.15, -0.1) is 0 Å². The van der Waals surface area contributed by atoms with Crippen LogP contribution in [0.2, 0.25) is 0 Å². The van der Waals surface area contributed by atoms with Crippen molar-refractivity contribution in [3.63, 3.8) is 0 Å². The molecule has 0 aromatic rings. The van der Waals surface area contributed by atoms with Gasteiger partial charge in [-0.3, -0.25) is 9.59 Å². The van der Waals surface area contributed by atoms with Gasteiger partial charge in [-0.25, -0.2) is 4.79 Å². The quantitative estimate of drug-likeness (QED) is 0.694. The molecule has 0 saturated carbocycles. The van der Waals surface area contributed by atoms with E-state index in [0.717, 1.165) is 6.42 Å². The van der Waals surface area contributed by atoms with E-state index >= 15 is 0 Å². The van der Waals surface area contributed by atoms with E-state index in [1.54, 1.807) is 20.8 Å². The van der Waals surface area contributed by atoms with E-state index < -0.39 is 17.2 Å². The summed E-state index contributed by atoms with van der Waals surface area (Å²) in [5.41, 5.74) is -1.71. The molecule has 3 amide bonds. The number of amides is 3. The molecule has 3 N–H and O–H groups in total. The molecule has 1 aliphatic heterocycles. The summed E-state index contributed by atoms with van der Waals surface area (Å²) >= 11 is 0. The molecule has 1 heterocycles. The number of ether oxygens (including phenoxy) is 1. The molecule has 1 atom stereocenters. The maximum Gasteiger partial charge on any atom is 0.407 e. The van der Waals surface area contributed by atoms with Gasteiger partial charge in [0, 0.05) is 13.5 Å². The van der Waals surface area contributed by atoms with Crippen LogP contribution in [0.3, 0.4) is 0 Å². The topological polar surface area (TPSA) is 96.5 Å². The van der Waals surface area contributed by atoms with E-state index in [9.17, 15) is 14.4 Å². The Labute approximate surface area is 118 Å². The van der Waals surface area contributed by atoms with Gasteiger partial charge in [0.15, 0.2) is 0 Å². The van der Waals surface area contributed by atoms with Crippen LogP contribution >= 0.6 is 0 Å². The zero-order valence-corrected chi connectivity index (χ0v) is 12.5. The number of hydrogen-bond donors (Lipinski definition) is 3.